The third kappa shape index (κ3) is 5.20. The zero-order valence-corrected chi connectivity index (χ0v) is 16.3. The molecule has 148 valence electrons. The van der Waals surface area contributed by atoms with Gasteiger partial charge in [-0.2, -0.15) is 0 Å². The molecule has 1 fully saturated rings. The molecular formula is C23H27NO4. The molecule has 2 amide bonds. The summed E-state index contributed by atoms with van der Waals surface area (Å²) in [5, 5.41) is 0. The molecule has 0 unspecified atom stereocenters. The lowest BCUT2D eigenvalue weighted by Crippen LogP contribution is -2.46. The lowest BCUT2D eigenvalue weighted by molar-refractivity contribution is -0.143. The van der Waals surface area contributed by atoms with Crippen LogP contribution in [0.2, 0.25) is 0 Å². The van der Waals surface area contributed by atoms with Crippen LogP contribution in [-0.4, -0.2) is 35.7 Å². The molecule has 1 aliphatic heterocycles. The normalized spacial score (nSPS) is 17.4. The van der Waals surface area contributed by atoms with Gasteiger partial charge in [0.15, 0.2) is 0 Å². The van der Waals surface area contributed by atoms with Crippen molar-refractivity contribution in [1.82, 2.24) is 4.90 Å². The second kappa shape index (κ2) is 10.0. The summed E-state index contributed by atoms with van der Waals surface area (Å²) in [6.45, 7) is 2.63. The van der Waals surface area contributed by atoms with Gasteiger partial charge >= 0.3 is 6.09 Å². The van der Waals surface area contributed by atoms with Crippen molar-refractivity contribution in [3.05, 3.63) is 71.8 Å². The van der Waals surface area contributed by atoms with Crippen molar-refractivity contribution in [2.24, 2.45) is 0 Å². The molecule has 5 nitrogen and oxygen atoms in total. The van der Waals surface area contributed by atoms with E-state index < -0.39 is 12.2 Å². The predicted molar refractivity (Wildman–Crippen MR) is 107 cm³/mol. The number of hydrogen-bond donors (Lipinski definition) is 0. The van der Waals surface area contributed by atoms with Gasteiger partial charge in [0, 0.05) is 0 Å². The maximum absolute atomic E-state index is 13.2. The average molecular weight is 381 g/mol. The first-order valence-corrected chi connectivity index (χ1v) is 9.88. The minimum Gasteiger partial charge on any atom is -0.447 e. The minimum absolute atomic E-state index is 0.221. The van der Waals surface area contributed by atoms with Gasteiger partial charge in [0.1, 0.15) is 12.7 Å². The molecular weight excluding hydrogens is 354 g/mol. The fraction of sp³-hybridized carbons (Fsp3) is 0.391. The van der Waals surface area contributed by atoms with Crippen LogP contribution in [0.4, 0.5) is 4.79 Å². The molecule has 2 aromatic rings. The Morgan fingerprint density at radius 3 is 2.39 bits per heavy atom. The number of imide groups is 1. The first kappa shape index (κ1) is 20.1. The van der Waals surface area contributed by atoms with E-state index in [4.69, 9.17) is 9.47 Å². The molecule has 0 saturated carbocycles. The van der Waals surface area contributed by atoms with Crippen LogP contribution in [0, 0.1) is 0 Å². The molecule has 0 spiro atoms. The third-order valence-electron chi connectivity index (χ3n) is 4.90. The lowest BCUT2D eigenvalue weighted by Gasteiger charge is -2.25. The fourth-order valence-electron chi connectivity index (χ4n) is 3.36. The van der Waals surface area contributed by atoms with Crippen LogP contribution < -0.4 is 0 Å². The molecule has 0 aromatic heterocycles. The Morgan fingerprint density at radius 2 is 1.75 bits per heavy atom. The van der Waals surface area contributed by atoms with Gasteiger partial charge in [-0.15, -0.1) is 0 Å². The van der Waals surface area contributed by atoms with Crippen LogP contribution in [0.3, 0.4) is 0 Å². The summed E-state index contributed by atoms with van der Waals surface area (Å²) in [5.41, 5.74) is 2.07. The third-order valence-corrected chi connectivity index (χ3v) is 4.90. The quantitative estimate of drug-likeness (QED) is 0.648. The maximum atomic E-state index is 13.2. The van der Waals surface area contributed by atoms with Crippen LogP contribution in [0.15, 0.2) is 60.7 Å². The smallest absolute Gasteiger partial charge is 0.417 e. The lowest BCUT2D eigenvalue weighted by atomic mass is 10.0. The molecule has 2 atom stereocenters. The number of cyclic esters (lactones) is 1. The van der Waals surface area contributed by atoms with Gasteiger partial charge in [-0.05, 0) is 24.0 Å². The van der Waals surface area contributed by atoms with E-state index in [0.717, 1.165) is 24.0 Å². The summed E-state index contributed by atoms with van der Waals surface area (Å²) in [7, 11) is 0. The summed E-state index contributed by atoms with van der Waals surface area (Å²) in [6, 6.07) is 19.3. The molecule has 0 aliphatic carbocycles. The highest BCUT2D eigenvalue weighted by Gasteiger charge is 2.41. The largest absolute Gasteiger partial charge is 0.447 e. The molecule has 0 N–H and O–H groups in total. The van der Waals surface area contributed by atoms with Crippen LogP contribution in [-0.2, 0) is 27.3 Å². The van der Waals surface area contributed by atoms with Gasteiger partial charge in [0.05, 0.1) is 12.6 Å². The Hall–Kier alpha value is -2.66. The maximum Gasteiger partial charge on any atom is 0.417 e. The van der Waals surface area contributed by atoms with Gasteiger partial charge in [-0.1, -0.05) is 80.4 Å². The number of nitrogens with zero attached hydrogens (tertiary/aromatic N) is 1. The summed E-state index contributed by atoms with van der Waals surface area (Å²) in [4.78, 5) is 26.7. The van der Waals surface area contributed by atoms with Crippen molar-refractivity contribution in [3.8, 4) is 0 Å². The highest BCUT2D eigenvalue weighted by atomic mass is 16.6. The van der Waals surface area contributed by atoms with E-state index >= 15 is 0 Å². The summed E-state index contributed by atoms with van der Waals surface area (Å²) in [6.07, 6.45) is 1.76. The zero-order valence-electron chi connectivity index (χ0n) is 16.3. The van der Waals surface area contributed by atoms with Gasteiger partial charge < -0.3 is 9.47 Å². The fourth-order valence-corrected chi connectivity index (χ4v) is 3.36. The first-order chi connectivity index (χ1) is 13.7. The zero-order chi connectivity index (χ0) is 19.8. The van der Waals surface area contributed by atoms with Crippen molar-refractivity contribution in [2.75, 3.05) is 6.61 Å². The van der Waals surface area contributed by atoms with Crippen molar-refractivity contribution >= 4 is 12.0 Å². The number of ether oxygens (including phenoxy) is 2. The van der Waals surface area contributed by atoms with E-state index in [1.54, 1.807) is 0 Å². The molecule has 28 heavy (non-hydrogen) atoms. The number of rotatable bonds is 9. The molecule has 0 radical (unpaired) electrons. The van der Waals surface area contributed by atoms with Crippen LogP contribution in [0.5, 0.6) is 0 Å². The molecule has 0 bridgehead atoms. The number of unbranched alkanes of at least 4 members (excludes halogenated alkanes) is 1. The van der Waals surface area contributed by atoms with Crippen LogP contribution in [0.1, 0.15) is 37.3 Å². The Kier molecular flexibility index (Phi) is 7.20. The molecule has 3 rings (SSSR count). The average Bonchev–Trinajstić information content (AvgIpc) is 3.09. The minimum atomic E-state index is -0.649. The van der Waals surface area contributed by atoms with E-state index in [0.29, 0.717) is 19.4 Å². The van der Waals surface area contributed by atoms with E-state index in [1.807, 2.05) is 60.7 Å². The van der Waals surface area contributed by atoms with Crippen molar-refractivity contribution in [2.45, 2.75) is 51.4 Å². The van der Waals surface area contributed by atoms with Crippen LogP contribution in [0.25, 0.3) is 0 Å². The van der Waals surface area contributed by atoms with Gasteiger partial charge in [0.2, 0.25) is 0 Å². The number of carbonyl (C=O) groups excluding carboxylic acids is 2. The second-order valence-corrected chi connectivity index (χ2v) is 7.06. The first-order valence-electron chi connectivity index (χ1n) is 9.88. The topological polar surface area (TPSA) is 55.8 Å². The Balaban J connectivity index is 1.70. The van der Waals surface area contributed by atoms with E-state index in [-0.39, 0.29) is 18.6 Å². The number of carbonyl (C=O) groups is 2. The molecule has 1 saturated heterocycles. The Bertz CT molecular complexity index is 763. The monoisotopic (exact) mass is 381 g/mol. The SMILES string of the molecule is CCCC[C@H](OCc1ccccc1)C(=O)N1C(=O)OC[C@@H]1Cc1ccccc1. The number of benzene rings is 2. The molecule has 5 heteroatoms. The number of amides is 2. The summed E-state index contributed by atoms with van der Waals surface area (Å²) >= 11 is 0. The Morgan fingerprint density at radius 1 is 1.11 bits per heavy atom. The highest BCUT2D eigenvalue weighted by Crippen LogP contribution is 2.21. The Labute approximate surface area is 166 Å². The molecule has 1 heterocycles. The molecule has 1 aliphatic rings. The van der Waals surface area contributed by atoms with Gasteiger partial charge in [0.25, 0.3) is 5.91 Å². The number of hydrogen-bond acceptors (Lipinski definition) is 4. The van der Waals surface area contributed by atoms with Crippen LogP contribution >= 0.6 is 0 Å². The van der Waals surface area contributed by atoms with E-state index in [9.17, 15) is 9.59 Å². The van der Waals surface area contributed by atoms with Gasteiger partial charge in [-0.3, -0.25) is 4.79 Å². The highest BCUT2D eigenvalue weighted by molar-refractivity contribution is 5.96. The van der Waals surface area contributed by atoms with Crippen molar-refractivity contribution in [3.63, 3.8) is 0 Å². The second-order valence-electron chi connectivity index (χ2n) is 7.06. The van der Waals surface area contributed by atoms with Crippen molar-refractivity contribution in [1.29, 1.82) is 0 Å². The van der Waals surface area contributed by atoms with E-state index in [2.05, 4.69) is 6.92 Å². The summed E-state index contributed by atoms with van der Waals surface area (Å²) < 4.78 is 11.2. The van der Waals surface area contributed by atoms with Crippen molar-refractivity contribution < 1.29 is 19.1 Å². The summed E-state index contributed by atoms with van der Waals surface area (Å²) in [5.74, 6) is -0.298. The van der Waals surface area contributed by atoms with Gasteiger partial charge in [-0.25, -0.2) is 9.69 Å². The predicted octanol–water partition coefficient (Wildman–Crippen LogP) is 4.35. The van der Waals surface area contributed by atoms with E-state index in [1.165, 1.54) is 4.90 Å². The standard InChI is InChI=1S/C23H27NO4/c1-2-3-14-21(27-16-19-12-8-5-9-13-19)22(25)24-20(17-28-23(24)26)15-18-10-6-4-7-11-18/h4-13,20-21H,2-3,14-17H2,1H3/t20-,21-/m0/s1. The molecule has 2 aromatic carbocycles.